The fourth-order valence-corrected chi connectivity index (χ4v) is 2.49. The van der Waals surface area contributed by atoms with E-state index in [0.29, 0.717) is 11.0 Å². The van der Waals surface area contributed by atoms with Crippen LogP contribution >= 0.6 is 11.6 Å². The number of amides is 1. The first-order valence-corrected chi connectivity index (χ1v) is 6.71. The van der Waals surface area contributed by atoms with E-state index in [1.807, 2.05) is 18.2 Å². The van der Waals surface area contributed by atoms with E-state index in [0.717, 1.165) is 18.5 Å². The number of carbonyl (C=O) groups excluding carboxylic acids is 1. The Morgan fingerprint density at radius 2 is 2.20 bits per heavy atom. The van der Waals surface area contributed by atoms with Gasteiger partial charge in [0.15, 0.2) is 0 Å². The van der Waals surface area contributed by atoms with Gasteiger partial charge >= 0.3 is 0 Å². The predicted octanol–water partition coefficient (Wildman–Crippen LogP) is 1.96. The summed E-state index contributed by atoms with van der Waals surface area (Å²) in [5, 5.41) is 6.28. The van der Waals surface area contributed by atoms with Crippen molar-refractivity contribution in [2.75, 3.05) is 11.9 Å². The molecule has 3 rings (SSSR count). The second-order valence-electron chi connectivity index (χ2n) is 4.55. The van der Waals surface area contributed by atoms with E-state index in [1.165, 1.54) is 18.0 Å². The van der Waals surface area contributed by atoms with Crippen molar-refractivity contribution in [3.8, 4) is 0 Å². The van der Waals surface area contributed by atoms with Crippen LogP contribution in [0.1, 0.15) is 17.2 Å². The molecule has 6 heteroatoms. The van der Waals surface area contributed by atoms with Gasteiger partial charge in [-0.25, -0.2) is 9.97 Å². The van der Waals surface area contributed by atoms with Crippen LogP contribution in [0.3, 0.4) is 0 Å². The molecule has 1 aliphatic heterocycles. The van der Waals surface area contributed by atoms with Crippen molar-refractivity contribution < 1.29 is 4.79 Å². The monoisotopic (exact) mass is 288 g/mol. The summed E-state index contributed by atoms with van der Waals surface area (Å²) in [7, 11) is 0. The molecule has 0 spiro atoms. The summed E-state index contributed by atoms with van der Waals surface area (Å²) < 4.78 is 0. The third-order valence-electron chi connectivity index (χ3n) is 3.26. The molecule has 0 saturated carbocycles. The van der Waals surface area contributed by atoms with E-state index in [-0.39, 0.29) is 11.9 Å². The molecule has 20 heavy (non-hydrogen) atoms. The summed E-state index contributed by atoms with van der Waals surface area (Å²) in [6, 6.07) is 9.11. The van der Waals surface area contributed by atoms with Crippen molar-refractivity contribution in [2.45, 2.75) is 12.5 Å². The molecule has 0 bridgehead atoms. The minimum absolute atomic E-state index is 0.146. The molecule has 2 N–H and O–H groups in total. The smallest absolute Gasteiger partial charge is 0.247 e. The number of benzene rings is 1. The minimum atomic E-state index is -0.367. The van der Waals surface area contributed by atoms with Gasteiger partial charge in [-0.05, 0) is 17.5 Å². The van der Waals surface area contributed by atoms with Crippen molar-refractivity contribution in [1.82, 2.24) is 15.3 Å². The summed E-state index contributed by atoms with van der Waals surface area (Å²) in [5.41, 5.74) is 2.21. The van der Waals surface area contributed by atoms with Crippen LogP contribution in [-0.4, -0.2) is 22.4 Å². The number of hydrogen-bond donors (Lipinski definition) is 2. The van der Waals surface area contributed by atoms with E-state index in [9.17, 15) is 4.79 Å². The van der Waals surface area contributed by atoms with Crippen LogP contribution in [0.25, 0.3) is 0 Å². The zero-order chi connectivity index (χ0) is 13.9. The van der Waals surface area contributed by atoms with Gasteiger partial charge in [-0.1, -0.05) is 35.9 Å². The highest BCUT2D eigenvalue weighted by Gasteiger charge is 2.25. The quantitative estimate of drug-likeness (QED) is 0.829. The lowest BCUT2D eigenvalue weighted by molar-refractivity contribution is -0.118. The highest BCUT2D eigenvalue weighted by molar-refractivity contribution is 6.29. The molecule has 0 radical (unpaired) electrons. The van der Waals surface area contributed by atoms with Gasteiger partial charge in [-0.2, -0.15) is 0 Å². The van der Waals surface area contributed by atoms with Crippen LogP contribution in [0.4, 0.5) is 5.82 Å². The standard InChI is InChI=1S/C14H13ClN4O/c15-11-7-12(18-8-17-11)19-14(20)13-10-4-2-1-3-9(10)5-6-16-13/h1-4,7-8,13,16H,5-6H2,(H,17,18,19,20). The van der Waals surface area contributed by atoms with Gasteiger partial charge in [0.1, 0.15) is 23.3 Å². The van der Waals surface area contributed by atoms with E-state index in [4.69, 9.17) is 11.6 Å². The minimum Gasteiger partial charge on any atom is -0.309 e. The molecule has 1 aromatic heterocycles. The summed E-state index contributed by atoms with van der Waals surface area (Å²) in [5.74, 6) is 0.256. The summed E-state index contributed by atoms with van der Waals surface area (Å²) in [6.07, 6.45) is 2.25. The molecule has 1 amide bonds. The van der Waals surface area contributed by atoms with Crippen molar-refractivity contribution >= 4 is 23.3 Å². The second-order valence-corrected chi connectivity index (χ2v) is 4.94. The normalized spacial score (nSPS) is 17.4. The number of fused-ring (bicyclic) bond motifs is 1. The molecule has 1 unspecified atom stereocenters. The average molecular weight is 289 g/mol. The maximum Gasteiger partial charge on any atom is 0.247 e. The Balaban J connectivity index is 1.82. The topological polar surface area (TPSA) is 66.9 Å². The number of halogens is 1. The first kappa shape index (κ1) is 13.0. The van der Waals surface area contributed by atoms with Crippen molar-refractivity contribution in [1.29, 1.82) is 0 Å². The number of rotatable bonds is 2. The number of hydrogen-bond acceptors (Lipinski definition) is 4. The molecular weight excluding hydrogens is 276 g/mol. The molecule has 102 valence electrons. The van der Waals surface area contributed by atoms with Crippen molar-refractivity contribution in [3.05, 3.63) is 52.9 Å². The Kier molecular flexibility index (Phi) is 3.62. The second kappa shape index (κ2) is 5.56. The van der Waals surface area contributed by atoms with E-state index >= 15 is 0 Å². The van der Waals surface area contributed by atoms with Crippen LogP contribution in [-0.2, 0) is 11.2 Å². The maximum atomic E-state index is 12.4. The Morgan fingerprint density at radius 1 is 1.35 bits per heavy atom. The van der Waals surface area contributed by atoms with Gasteiger partial charge in [-0.15, -0.1) is 0 Å². The lowest BCUT2D eigenvalue weighted by atomic mass is 9.94. The SMILES string of the molecule is O=C(Nc1cc(Cl)ncn1)C1NCCc2ccccc21. The Bertz CT molecular complexity index is 647. The van der Waals surface area contributed by atoms with Crippen LogP contribution in [0.5, 0.6) is 0 Å². The lowest BCUT2D eigenvalue weighted by Crippen LogP contribution is -2.38. The molecule has 5 nitrogen and oxygen atoms in total. The number of carbonyl (C=O) groups is 1. The van der Waals surface area contributed by atoms with Gasteiger partial charge in [-0.3, -0.25) is 4.79 Å². The third-order valence-corrected chi connectivity index (χ3v) is 3.46. The Labute approximate surface area is 121 Å². The molecule has 1 aromatic carbocycles. The number of nitrogens with one attached hydrogen (secondary N) is 2. The Hall–Kier alpha value is -1.98. The molecule has 0 aliphatic carbocycles. The fraction of sp³-hybridized carbons (Fsp3) is 0.214. The van der Waals surface area contributed by atoms with Crippen LogP contribution in [0, 0.1) is 0 Å². The summed E-state index contributed by atoms with van der Waals surface area (Å²) in [4.78, 5) is 20.1. The maximum absolute atomic E-state index is 12.4. The van der Waals surface area contributed by atoms with Crippen molar-refractivity contribution in [2.24, 2.45) is 0 Å². The summed E-state index contributed by atoms with van der Waals surface area (Å²) in [6.45, 7) is 0.777. The predicted molar refractivity (Wildman–Crippen MR) is 76.6 cm³/mol. The molecule has 2 aromatic rings. The van der Waals surface area contributed by atoms with E-state index < -0.39 is 0 Å². The number of aromatic nitrogens is 2. The molecule has 2 heterocycles. The third kappa shape index (κ3) is 2.64. The molecule has 0 saturated heterocycles. The van der Waals surface area contributed by atoms with Gasteiger partial charge < -0.3 is 10.6 Å². The molecule has 1 atom stereocenters. The van der Waals surface area contributed by atoms with Gasteiger partial charge in [0.2, 0.25) is 5.91 Å². The molecule has 1 aliphatic rings. The van der Waals surface area contributed by atoms with Gasteiger partial charge in [0.25, 0.3) is 0 Å². The molecular formula is C14H13ClN4O. The number of anilines is 1. The highest BCUT2D eigenvalue weighted by Crippen LogP contribution is 2.23. The largest absolute Gasteiger partial charge is 0.309 e. The van der Waals surface area contributed by atoms with Crippen molar-refractivity contribution in [3.63, 3.8) is 0 Å². The van der Waals surface area contributed by atoms with E-state index in [2.05, 4.69) is 26.7 Å². The highest BCUT2D eigenvalue weighted by atomic mass is 35.5. The zero-order valence-electron chi connectivity index (χ0n) is 10.6. The van der Waals surface area contributed by atoms with Crippen LogP contribution < -0.4 is 10.6 Å². The lowest BCUT2D eigenvalue weighted by Gasteiger charge is -2.25. The number of nitrogens with zero attached hydrogens (tertiary/aromatic N) is 2. The van der Waals surface area contributed by atoms with Crippen LogP contribution in [0.15, 0.2) is 36.7 Å². The van der Waals surface area contributed by atoms with Gasteiger partial charge in [0.05, 0.1) is 0 Å². The fourth-order valence-electron chi connectivity index (χ4n) is 2.34. The zero-order valence-corrected chi connectivity index (χ0v) is 11.4. The van der Waals surface area contributed by atoms with E-state index in [1.54, 1.807) is 0 Å². The first-order chi connectivity index (χ1) is 9.74. The van der Waals surface area contributed by atoms with Crippen LogP contribution in [0.2, 0.25) is 5.15 Å². The first-order valence-electron chi connectivity index (χ1n) is 6.33. The van der Waals surface area contributed by atoms with Gasteiger partial charge in [0, 0.05) is 12.6 Å². The molecule has 0 fully saturated rings. The summed E-state index contributed by atoms with van der Waals surface area (Å²) >= 11 is 5.78. The average Bonchev–Trinajstić information content (AvgIpc) is 2.46. The Morgan fingerprint density at radius 3 is 3.05 bits per heavy atom.